The van der Waals surface area contributed by atoms with Crippen molar-refractivity contribution in [3.05, 3.63) is 56.8 Å². The highest BCUT2D eigenvalue weighted by atomic mass is 32.1. The number of nitro benzene ring substituents is 1. The highest BCUT2D eigenvalue weighted by Gasteiger charge is 2.06. The zero-order valence-electron chi connectivity index (χ0n) is 10.7. The second-order valence-electron chi connectivity index (χ2n) is 4.29. The van der Waals surface area contributed by atoms with E-state index in [1.807, 2.05) is 11.4 Å². The number of non-ortho nitro benzene ring substituents is 1. The van der Waals surface area contributed by atoms with Gasteiger partial charge in [0.1, 0.15) is 0 Å². The van der Waals surface area contributed by atoms with Gasteiger partial charge in [-0.15, -0.1) is 11.3 Å². The van der Waals surface area contributed by atoms with Crippen LogP contribution in [0.5, 0.6) is 0 Å². The molecule has 0 saturated carbocycles. The molecule has 0 aliphatic carbocycles. The van der Waals surface area contributed by atoms with E-state index < -0.39 is 4.92 Å². The smallest absolute Gasteiger partial charge is 0.269 e. The molecule has 0 bridgehead atoms. The molecule has 0 spiro atoms. The summed E-state index contributed by atoms with van der Waals surface area (Å²) in [5, 5.41) is 15.3. The van der Waals surface area contributed by atoms with Gasteiger partial charge < -0.3 is 5.32 Å². The Hall–Kier alpha value is -2.21. The van der Waals surface area contributed by atoms with Gasteiger partial charge in [0.2, 0.25) is 5.91 Å². The van der Waals surface area contributed by atoms with Crippen molar-refractivity contribution in [1.82, 2.24) is 0 Å². The Kier molecular flexibility index (Phi) is 4.84. The topological polar surface area (TPSA) is 72.2 Å². The number of rotatable bonds is 6. The molecule has 1 amide bonds. The van der Waals surface area contributed by atoms with Crippen molar-refractivity contribution in [3.63, 3.8) is 0 Å². The average Bonchev–Trinajstić information content (AvgIpc) is 2.92. The average molecular weight is 290 g/mol. The maximum atomic E-state index is 11.7. The molecule has 0 unspecified atom stereocenters. The minimum atomic E-state index is -0.466. The first-order valence-electron chi connectivity index (χ1n) is 6.22. The van der Waals surface area contributed by atoms with Crippen LogP contribution in [0.4, 0.5) is 11.4 Å². The van der Waals surface area contributed by atoms with E-state index in [9.17, 15) is 14.9 Å². The number of aryl methyl sites for hydroxylation is 1. The summed E-state index contributed by atoms with van der Waals surface area (Å²) in [6, 6.07) is 9.88. The Balaban J connectivity index is 1.77. The van der Waals surface area contributed by atoms with Crippen molar-refractivity contribution in [3.8, 4) is 0 Å². The third-order valence-electron chi connectivity index (χ3n) is 2.77. The van der Waals surface area contributed by atoms with Gasteiger partial charge in [-0.2, -0.15) is 0 Å². The molecule has 0 radical (unpaired) electrons. The Bertz CT molecular complexity index is 579. The Morgan fingerprint density at radius 2 is 2.00 bits per heavy atom. The number of nitrogens with zero attached hydrogens (tertiary/aromatic N) is 1. The van der Waals surface area contributed by atoms with Gasteiger partial charge in [0, 0.05) is 29.1 Å². The number of carbonyl (C=O) groups excluding carboxylic acids is 1. The molecule has 1 N–H and O–H groups in total. The number of thiophene rings is 1. The lowest BCUT2D eigenvalue weighted by Gasteiger charge is -2.04. The van der Waals surface area contributed by atoms with E-state index in [1.165, 1.54) is 29.1 Å². The second kappa shape index (κ2) is 6.81. The molecule has 0 aliphatic heterocycles. The van der Waals surface area contributed by atoms with Gasteiger partial charge >= 0.3 is 0 Å². The summed E-state index contributed by atoms with van der Waals surface area (Å²) >= 11 is 1.69. The number of anilines is 1. The Morgan fingerprint density at radius 1 is 1.25 bits per heavy atom. The van der Waals surface area contributed by atoms with Crippen LogP contribution >= 0.6 is 11.3 Å². The minimum absolute atomic E-state index is 0.0145. The van der Waals surface area contributed by atoms with Gasteiger partial charge in [-0.1, -0.05) is 6.07 Å². The maximum Gasteiger partial charge on any atom is 0.269 e. The molecule has 5 nitrogen and oxygen atoms in total. The zero-order valence-corrected chi connectivity index (χ0v) is 11.6. The van der Waals surface area contributed by atoms with Crippen LogP contribution in [0.3, 0.4) is 0 Å². The van der Waals surface area contributed by atoms with E-state index in [0.717, 1.165) is 12.8 Å². The predicted octanol–water partition coefficient (Wildman–Crippen LogP) is 3.62. The quantitative estimate of drug-likeness (QED) is 0.652. The van der Waals surface area contributed by atoms with E-state index in [0.29, 0.717) is 12.1 Å². The van der Waals surface area contributed by atoms with Crippen molar-refractivity contribution in [2.75, 3.05) is 5.32 Å². The summed E-state index contributed by atoms with van der Waals surface area (Å²) in [5.74, 6) is -0.0737. The zero-order chi connectivity index (χ0) is 14.4. The van der Waals surface area contributed by atoms with Crippen LogP contribution in [-0.2, 0) is 11.2 Å². The SMILES string of the molecule is O=C(CCCc1cccs1)Nc1ccc([N+](=O)[O-])cc1. The van der Waals surface area contributed by atoms with Gasteiger partial charge in [0.15, 0.2) is 0 Å². The monoisotopic (exact) mass is 290 g/mol. The highest BCUT2D eigenvalue weighted by molar-refractivity contribution is 7.09. The number of nitrogens with one attached hydrogen (secondary N) is 1. The molecule has 0 aliphatic rings. The lowest BCUT2D eigenvalue weighted by atomic mass is 10.2. The summed E-state index contributed by atoms with van der Waals surface area (Å²) in [7, 11) is 0. The molecule has 2 aromatic rings. The lowest BCUT2D eigenvalue weighted by Crippen LogP contribution is -2.11. The third-order valence-corrected chi connectivity index (χ3v) is 3.71. The first-order valence-corrected chi connectivity index (χ1v) is 7.10. The molecule has 1 aromatic carbocycles. The number of hydrogen-bond donors (Lipinski definition) is 1. The first kappa shape index (κ1) is 14.2. The van der Waals surface area contributed by atoms with Crippen molar-refractivity contribution >= 4 is 28.6 Å². The van der Waals surface area contributed by atoms with Gasteiger partial charge in [-0.3, -0.25) is 14.9 Å². The molecular weight excluding hydrogens is 276 g/mol. The number of amides is 1. The largest absolute Gasteiger partial charge is 0.326 e. The summed E-state index contributed by atoms with van der Waals surface area (Å²) in [6.45, 7) is 0. The van der Waals surface area contributed by atoms with Crippen LogP contribution in [0.2, 0.25) is 0 Å². The van der Waals surface area contributed by atoms with Crippen LogP contribution in [-0.4, -0.2) is 10.8 Å². The van der Waals surface area contributed by atoms with Crippen LogP contribution in [0.25, 0.3) is 0 Å². The van der Waals surface area contributed by atoms with Crippen LogP contribution in [0.1, 0.15) is 17.7 Å². The van der Waals surface area contributed by atoms with Crippen molar-refractivity contribution in [1.29, 1.82) is 0 Å². The first-order chi connectivity index (χ1) is 9.65. The van der Waals surface area contributed by atoms with E-state index >= 15 is 0 Å². The van der Waals surface area contributed by atoms with Gasteiger partial charge in [-0.05, 0) is 36.4 Å². The van der Waals surface area contributed by atoms with Crippen LogP contribution < -0.4 is 5.32 Å². The van der Waals surface area contributed by atoms with Crippen molar-refractivity contribution in [2.45, 2.75) is 19.3 Å². The van der Waals surface area contributed by atoms with Crippen LogP contribution in [0, 0.1) is 10.1 Å². The van der Waals surface area contributed by atoms with E-state index in [2.05, 4.69) is 11.4 Å². The van der Waals surface area contributed by atoms with Crippen molar-refractivity contribution in [2.24, 2.45) is 0 Å². The number of nitro groups is 1. The molecule has 1 aromatic heterocycles. The van der Waals surface area contributed by atoms with Gasteiger partial charge in [0.05, 0.1) is 4.92 Å². The Labute approximate surface area is 120 Å². The molecule has 20 heavy (non-hydrogen) atoms. The molecule has 104 valence electrons. The Morgan fingerprint density at radius 3 is 2.60 bits per heavy atom. The molecule has 6 heteroatoms. The van der Waals surface area contributed by atoms with Gasteiger partial charge in [-0.25, -0.2) is 0 Å². The van der Waals surface area contributed by atoms with Crippen LogP contribution in [0.15, 0.2) is 41.8 Å². The molecule has 0 saturated heterocycles. The van der Waals surface area contributed by atoms with E-state index in [1.54, 1.807) is 11.3 Å². The summed E-state index contributed by atoms with van der Waals surface area (Å²) in [6.07, 6.45) is 2.12. The fourth-order valence-electron chi connectivity index (χ4n) is 1.77. The van der Waals surface area contributed by atoms with E-state index in [-0.39, 0.29) is 11.6 Å². The predicted molar refractivity (Wildman–Crippen MR) is 79.0 cm³/mol. The highest BCUT2D eigenvalue weighted by Crippen LogP contribution is 2.16. The number of benzene rings is 1. The molecule has 0 atom stereocenters. The van der Waals surface area contributed by atoms with Crippen molar-refractivity contribution < 1.29 is 9.72 Å². The standard InChI is InChI=1S/C14H14N2O3S/c17-14(5-1-3-13-4-2-10-20-13)15-11-6-8-12(9-7-11)16(18)19/h2,4,6-10H,1,3,5H2,(H,15,17). The fourth-order valence-corrected chi connectivity index (χ4v) is 2.52. The van der Waals surface area contributed by atoms with E-state index in [4.69, 9.17) is 0 Å². The maximum absolute atomic E-state index is 11.7. The number of carbonyl (C=O) groups is 1. The molecule has 2 rings (SSSR count). The normalized spacial score (nSPS) is 10.2. The summed E-state index contributed by atoms with van der Waals surface area (Å²) in [4.78, 5) is 23.0. The molecular formula is C14H14N2O3S. The number of hydrogen-bond acceptors (Lipinski definition) is 4. The molecule has 1 heterocycles. The third kappa shape index (κ3) is 4.17. The lowest BCUT2D eigenvalue weighted by molar-refractivity contribution is -0.384. The molecule has 0 fully saturated rings. The minimum Gasteiger partial charge on any atom is -0.326 e. The fraction of sp³-hybridized carbons (Fsp3) is 0.214. The summed E-state index contributed by atoms with van der Waals surface area (Å²) in [5.41, 5.74) is 0.595. The second-order valence-corrected chi connectivity index (χ2v) is 5.32. The van der Waals surface area contributed by atoms with Gasteiger partial charge in [0.25, 0.3) is 5.69 Å². The summed E-state index contributed by atoms with van der Waals surface area (Å²) < 4.78 is 0.